The summed E-state index contributed by atoms with van der Waals surface area (Å²) in [6.45, 7) is 0.522. The number of nitro groups is 1. The van der Waals surface area contributed by atoms with E-state index in [9.17, 15) is 14.9 Å². The molecule has 2 N–H and O–H groups in total. The number of halogens is 2. The summed E-state index contributed by atoms with van der Waals surface area (Å²) in [6.07, 6.45) is 1.91. The molecule has 0 saturated heterocycles. The standard InChI is InChI=1S/C21H21Cl2N5O4/c1-32-21-26-19(28(30)31)13-27(21)12-18(16-8-7-15(22)11-17(16)23)25-20(29)24-10-9-14-5-3-2-4-6-14/h2-8,11,13,18H,9-10,12H2,1H3,(H2,24,25,29). The van der Waals surface area contributed by atoms with Crippen LogP contribution in [0.1, 0.15) is 17.2 Å². The summed E-state index contributed by atoms with van der Waals surface area (Å²) < 4.78 is 6.59. The van der Waals surface area contributed by atoms with Gasteiger partial charge in [-0.25, -0.2) is 4.79 Å². The zero-order valence-electron chi connectivity index (χ0n) is 17.1. The number of nitrogens with zero attached hydrogens (tertiary/aromatic N) is 3. The van der Waals surface area contributed by atoms with Gasteiger partial charge < -0.3 is 25.5 Å². The Morgan fingerprint density at radius 3 is 2.66 bits per heavy atom. The highest BCUT2D eigenvalue weighted by Gasteiger charge is 2.25. The van der Waals surface area contributed by atoms with Crippen LogP contribution in [0.5, 0.6) is 6.01 Å². The van der Waals surface area contributed by atoms with Gasteiger partial charge in [-0.15, -0.1) is 0 Å². The zero-order valence-corrected chi connectivity index (χ0v) is 18.6. The van der Waals surface area contributed by atoms with Crippen molar-refractivity contribution < 1.29 is 14.5 Å². The minimum atomic E-state index is -0.640. The van der Waals surface area contributed by atoms with Crippen molar-refractivity contribution in [2.24, 2.45) is 0 Å². The number of rotatable bonds is 9. The third-order valence-electron chi connectivity index (χ3n) is 4.66. The Bertz CT molecular complexity index is 1090. The molecule has 0 aliphatic carbocycles. The SMILES string of the molecule is COc1nc([N+](=O)[O-])cn1CC(NC(=O)NCCc1ccccc1)c1ccc(Cl)cc1Cl. The summed E-state index contributed by atoms with van der Waals surface area (Å²) in [5, 5.41) is 17.6. The lowest BCUT2D eigenvalue weighted by atomic mass is 10.1. The van der Waals surface area contributed by atoms with E-state index in [1.807, 2.05) is 30.3 Å². The lowest BCUT2D eigenvalue weighted by molar-refractivity contribution is -0.389. The van der Waals surface area contributed by atoms with Crippen molar-refractivity contribution in [3.63, 3.8) is 0 Å². The number of imidazole rings is 1. The van der Waals surface area contributed by atoms with Gasteiger partial charge in [0.2, 0.25) is 0 Å². The molecule has 1 aromatic heterocycles. The first-order valence-electron chi connectivity index (χ1n) is 9.66. The fraction of sp³-hybridized carbons (Fsp3) is 0.238. The Hall–Kier alpha value is -3.30. The van der Waals surface area contributed by atoms with Crippen LogP contribution in [-0.2, 0) is 13.0 Å². The van der Waals surface area contributed by atoms with E-state index in [1.165, 1.54) is 17.9 Å². The number of hydrogen-bond acceptors (Lipinski definition) is 5. The average Bonchev–Trinajstić information content (AvgIpc) is 3.17. The summed E-state index contributed by atoms with van der Waals surface area (Å²) in [4.78, 5) is 26.9. The molecule has 1 heterocycles. The summed E-state index contributed by atoms with van der Waals surface area (Å²) in [7, 11) is 1.36. The van der Waals surface area contributed by atoms with Gasteiger partial charge in [0.25, 0.3) is 0 Å². The highest BCUT2D eigenvalue weighted by molar-refractivity contribution is 6.35. The summed E-state index contributed by atoms with van der Waals surface area (Å²) in [6, 6.07) is 13.7. The van der Waals surface area contributed by atoms with E-state index in [1.54, 1.807) is 18.2 Å². The molecule has 0 bridgehead atoms. The van der Waals surface area contributed by atoms with Crippen LogP contribution in [0.4, 0.5) is 10.6 Å². The predicted molar refractivity (Wildman–Crippen MR) is 121 cm³/mol. The molecule has 0 aliphatic heterocycles. The maximum atomic E-state index is 12.6. The number of urea groups is 1. The van der Waals surface area contributed by atoms with Crippen LogP contribution in [0.15, 0.2) is 54.7 Å². The first kappa shape index (κ1) is 23.4. The predicted octanol–water partition coefficient (Wildman–Crippen LogP) is 4.39. The van der Waals surface area contributed by atoms with Crippen LogP contribution in [0.3, 0.4) is 0 Å². The Balaban J connectivity index is 1.77. The van der Waals surface area contributed by atoms with Crippen LogP contribution < -0.4 is 15.4 Å². The number of benzene rings is 2. The number of amides is 2. The molecule has 1 unspecified atom stereocenters. The molecule has 1 atom stereocenters. The molecule has 0 saturated carbocycles. The molecule has 32 heavy (non-hydrogen) atoms. The van der Waals surface area contributed by atoms with E-state index in [-0.39, 0.29) is 18.4 Å². The van der Waals surface area contributed by atoms with Crippen LogP contribution >= 0.6 is 23.2 Å². The van der Waals surface area contributed by atoms with Crippen molar-refractivity contribution in [3.8, 4) is 6.01 Å². The maximum absolute atomic E-state index is 12.6. The number of nitrogens with one attached hydrogen (secondary N) is 2. The largest absolute Gasteiger partial charge is 0.449 e. The minimum Gasteiger partial charge on any atom is -0.449 e. The van der Waals surface area contributed by atoms with E-state index < -0.39 is 17.0 Å². The molecule has 3 aromatic rings. The van der Waals surface area contributed by atoms with Crippen LogP contribution in [0, 0.1) is 10.1 Å². The second-order valence-corrected chi connectivity index (χ2v) is 7.69. The number of methoxy groups -OCH3 is 1. The first-order valence-corrected chi connectivity index (χ1v) is 10.4. The highest BCUT2D eigenvalue weighted by atomic mass is 35.5. The Labute approximate surface area is 194 Å². The second-order valence-electron chi connectivity index (χ2n) is 6.85. The second kappa shape index (κ2) is 10.8. The number of ether oxygens (including phenoxy) is 1. The van der Waals surface area contributed by atoms with Crippen LogP contribution in [0.25, 0.3) is 0 Å². The lowest BCUT2D eigenvalue weighted by Crippen LogP contribution is -2.40. The topological polar surface area (TPSA) is 111 Å². The molecule has 0 radical (unpaired) electrons. The normalized spacial score (nSPS) is 11.6. The number of aromatic nitrogens is 2. The fourth-order valence-corrected chi connectivity index (χ4v) is 3.68. The monoisotopic (exact) mass is 477 g/mol. The van der Waals surface area contributed by atoms with Crippen molar-refractivity contribution in [2.45, 2.75) is 19.0 Å². The van der Waals surface area contributed by atoms with Gasteiger partial charge in [0.1, 0.15) is 6.20 Å². The van der Waals surface area contributed by atoms with Gasteiger partial charge in [-0.3, -0.25) is 4.57 Å². The van der Waals surface area contributed by atoms with Crippen molar-refractivity contribution in [3.05, 3.63) is 86.0 Å². The van der Waals surface area contributed by atoms with Crippen LogP contribution in [-0.4, -0.2) is 34.2 Å². The van der Waals surface area contributed by atoms with Crippen LogP contribution in [0.2, 0.25) is 10.0 Å². The Morgan fingerprint density at radius 1 is 1.25 bits per heavy atom. The highest BCUT2D eigenvalue weighted by Crippen LogP contribution is 2.29. The molecule has 2 amide bonds. The molecule has 0 fully saturated rings. The third kappa shape index (κ3) is 6.12. The van der Waals surface area contributed by atoms with Gasteiger partial charge in [0.15, 0.2) is 0 Å². The summed E-state index contributed by atoms with van der Waals surface area (Å²) >= 11 is 12.4. The zero-order chi connectivity index (χ0) is 23.1. The van der Waals surface area contributed by atoms with E-state index in [4.69, 9.17) is 27.9 Å². The number of hydrogen-bond donors (Lipinski definition) is 2. The molecule has 9 nitrogen and oxygen atoms in total. The van der Waals surface area contributed by atoms with E-state index in [2.05, 4.69) is 15.6 Å². The van der Waals surface area contributed by atoms with Gasteiger partial charge in [0.05, 0.1) is 19.7 Å². The smallest absolute Gasteiger partial charge is 0.414 e. The van der Waals surface area contributed by atoms with Crippen molar-refractivity contribution >= 4 is 35.1 Å². The molecule has 0 spiro atoms. The average molecular weight is 478 g/mol. The molecule has 2 aromatic carbocycles. The van der Waals surface area contributed by atoms with Gasteiger partial charge >= 0.3 is 17.9 Å². The van der Waals surface area contributed by atoms with Gasteiger partial charge in [-0.1, -0.05) is 59.6 Å². The van der Waals surface area contributed by atoms with Gasteiger partial charge in [-0.2, -0.15) is 0 Å². The molecule has 3 rings (SSSR count). The molecule has 168 valence electrons. The molecule has 0 aliphatic rings. The third-order valence-corrected chi connectivity index (χ3v) is 5.22. The summed E-state index contributed by atoms with van der Waals surface area (Å²) in [5.41, 5.74) is 1.69. The Kier molecular flexibility index (Phi) is 7.91. The van der Waals surface area contributed by atoms with E-state index >= 15 is 0 Å². The van der Waals surface area contributed by atoms with E-state index in [0.717, 1.165) is 5.56 Å². The number of carbonyl (C=O) groups is 1. The Morgan fingerprint density at radius 2 is 2.00 bits per heavy atom. The number of carbonyl (C=O) groups excluding carboxylic acids is 1. The van der Waals surface area contributed by atoms with Gasteiger partial charge in [0, 0.05) is 21.6 Å². The summed E-state index contributed by atoms with van der Waals surface area (Å²) in [5.74, 6) is -0.366. The van der Waals surface area contributed by atoms with Crippen molar-refractivity contribution in [1.29, 1.82) is 0 Å². The quantitative estimate of drug-likeness (QED) is 0.350. The molecular formula is C21H21Cl2N5O4. The minimum absolute atomic E-state index is 0.0399. The van der Waals surface area contributed by atoms with Crippen molar-refractivity contribution in [2.75, 3.05) is 13.7 Å². The lowest BCUT2D eigenvalue weighted by Gasteiger charge is -2.21. The van der Waals surface area contributed by atoms with Gasteiger partial charge in [-0.05, 0) is 34.6 Å². The van der Waals surface area contributed by atoms with Crippen molar-refractivity contribution in [1.82, 2.24) is 20.2 Å². The maximum Gasteiger partial charge on any atom is 0.414 e. The van der Waals surface area contributed by atoms with E-state index in [0.29, 0.717) is 28.6 Å². The fourth-order valence-electron chi connectivity index (χ4n) is 3.14. The first-order chi connectivity index (χ1) is 15.4. The molecular weight excluding hydrogens is 457 g/mol. The molecule has 11 heteroatoms.